The summed E-state index contributed by atoms with van der Waals surface area (Å²) < 4.78 is 11.2. The number of amides is 1. The van der Waals surface area contributed by atoms with Crippen LogP contribution in [-0.4, -0.2) is 78.4 Å². The zero-order valence-electron chi connectivity index (χ0n) is 27.0. The van der Waals surface area contributed by atoms with Crippen LogP contribution in [0.3, 0.4) is 0 Å². The van der Waals surface area contributed by atoms with Gasteiger partial charge in [0.15, 0.2) is 0 Å². The van der Waals surface area contributed by atoms with E-state index in [9.17, 15) is 9.90 Å². The molecule has 0 saturated heterocycles. The van der Waals surface area contributed by atoms with Gasteiger partial charge in [0.25, 0.3) is 0 Å². The molecule has 0 aliphatic rings. The van der Waals surface area contributed by atoms with E-state index in [2.05, 4.69) is 62.2 Å². The Hall–Kier alpha value is -3.65. The van der Waals surface area contributed by atoms with Crippen molar-refractivity contribution in [2.45, 2.75) is 58.6 Å². The van der Waals surface area contributed by atoms with Gasteiger partial charge in [-0.25, -0.2) is 0 Å². The third-order valence-corrected chi connectivity index (χ3v) is 8.05. The molecule has 0 fully saturated rings. The lowest BCUT2D eigenvalue weighted by Crippen LogP contribution is -2.44. The lowest BCUT2D eigenvalue weighted by atomic mass is 9.87. The number of aliphatic hydroxyl groups excluding tert-OH is 1. The quantitative estimate of drug-likeness (QED) is 0.152. The van der Waals surface area contributed by atoms with Crippen LogP contribution < -0.4 is 4.74 Å². The van der Waals surface area contributed by atoms with Gasteiger partial charge in [-0.05, 0) is 59.6 Å². The maximum atomic E-state index is 14.0. The van der Waals surface area contributed by atoms with Crippen LogP contribution in [0.2, 0.25) is 0 Å². The number of hydrogen-bond donors (Lipinski definition) is 2. The monoisotopic (exact) mass is 599 g/mol. The van der Waals surface area contributed by atoms with E-state index < -0.39 is 6.10 Å². The minimum absolute atomic E-state index is 0.0363. The molecule has 4 aromatic rings. The van der Waals surface area contributed by atoms with Crippen LogP contribution in [0.15, 0.2) is 79.0 Å². The van der Waals surface area contributed by atoms with Gasteiger partial charge < -0.3 is 24.5 Å². The highest BCUT2D eigenvalue weighted by atomic mass is 16.5. The number of nitrogens with zero attached hydrogens (tertiary/aromatic N) is 2. The van der Waals surface area contributed by atoms with Gasteiger partial charge in [-0.1, -0.05) is 81.4 Å². The van der Waals surface area contributed by atoms with Gasteiger partial charge in [-0.15, -0.1) is 0 Å². The van der Waals surface area contributed by atoms with Crippen LogP contribution in [0.5, 0.6) is 5.75 Å². The lowest BCUT2D eigenvalue weighted by Gasteiger charge is -2.29. The normalized spacial score (nSPS) is 12.5. The summed E-state index contributed by atoms with van der Waals surface area (Å²) in [5.41, 5.74) is 5.75. The number of methoxy groups -OCH3 is 1. The molecule has 4 rings (SSSR count). The summed E-state index contributed by atoms with van der Waals surface area (Å²) in [5.74, 6) is 0.795. The molecule has 7 nitrogen and oxygen atoms in total. The summed E-state index contributed by atoms with van der Waals surface area (Å²) >= 11 is 0. The van der Waals surface area contributed by atoms with E-state index in [1.165, 1.54) is 16.5 Å². The molecule has 0 radical (unpaired) electrons. The number of hydrogen-bond acceptors (Lipinski definition) is 5. The zero-order valence-corrected chi connectivity index (χ0v) is 27.0. The molecule has 1 atom stereocenters. The number of aromatic amines is 1. The number of ether oxygens (including phenoxy) is 2. The van der Waals surface area contributed by atoms with Gasteiger partial charge in [0, 0.05) is 57.0 Å². The van der Waals surface area contributed by atoms with Crippen LogP contribution >= 0.6 is 0 Å². The number of fused-ring (bicyclic) bond motifs is 1. The van der Waals surface area contributed by atoms with Gasteiger partial charge in [-0.2, -0.15) is 0 Å². The Balaban J connectivity index is 1.47. The minimum atomic E-state index is -0.741. The summed E-state index contributed by atoms with van der Waals surface area (Å²) in [4.78, 5) is 21.3. The Kier molecular flexibility index (Phi) is 12.0. The Morgan fingerprint density at radius 1 is 0.977 bits per heavy atom. The molecule has 0 bridgehead atoms. The largest absolute Gasteiger partial charge is 0.491 e. The molecule has 1 amide bonds. The van der Waals surface area contributed by atoms with Crippen molar-refractivity contribution in [1.29, 1.82) is 0 Å². The summed E-state index contributed by atoms with van der Waals surface area (Å²) in [6, 6.07) is 24.6. The first-order valence-electron chi connectivity index (χ1n) is 15.6. The number of benzene rings is 3. The molecule has 0 aliphatic heterocycles. The van der Waals surface area contributed by atoms with Crippen molar-refractivity contribution in [1.82, 2.24) is 14.8 Å². The molecule has 0 spiro atoms. The maximum absolute atomic E-state index is 14.0. The Morgan fingerprint density at radius 2 is 1.70 bits per heavy atom. The molecule has 2 N–H and O–H groups in total. The second kappa shape index (κ2) is 15.9. The molecule has 0 saturated carbocycles. The van der Waals surface area contributed by atoms with Crippen molar-refractivity contribution in [2.75, 3.05) is 46.5 Å². The maximum Gasteiger partial charge on any atom is 0.237 e. The van der Waals surface area contributed by atoms with E-state index in [1.807, 2.05) is 59.3 Å². The van der Waals surface area contributed by atoms with E-state index in [4.69, 9.17) is 9.47 Å². The average molecular weight is 600 g/mol. The van der Waals surface area contributed by atoms with Crippen LogP contribution in [-0.2, 0) is 27.9 Å². The van der Waals surface area contributed by atoms with Crippen molar-refractivity contribution in [3.05, 3.63) is 101 Å². The Labute approximate surface area is 262 Å². The number of carbonyl (C=O) groups excluding carboxylic acids is 1. The Bertz CT molecular complexity index is 1460. The fraction of sp³-hybridized carbons (Fsp3) is 0.432. The third kappa shape index (κ3) is 9.68. The van der Waals surface area contributed by atoms with E-state index >= 15 is 0 Å². The van der Waals surface area contributed by atoms with E-state index in [-0.39, 0.29) is 24.5 Å². The fourth-order valence-corrected chi connectivity index (χ4v) is 5.43. The first kappa shape index (κ1) is 33.2. The second-order valence-corrected chi connectivity index (χ2v) is 12.7. The highest BCUT2D eigenvalue weighted by Gasteiger charge is 2.22. The van der Waals surface area contributed by atoms with E-state index in [0.717, 1.165) is 35.2 Å². The molecule has 3 aromatic carbocycles. The first-order valence-corrected chi connectivity index (χ1v) is 15.6. The molecule has 236 valence electrons. The van der Waals surface area contributed by atoms with Gasteiger partial charge in [0.1, 0.15) is 18.5 Å². The molecule has 1 heterocycles. The van der Waals surface area contributed by atoms with Crippen molar-refractivity contribution in [2.24, 2.45) is 0 Å². The summed E-state index contributed by atoms with van der Waals surface area (Å²) in [6.45, 7) is 11.6. The minimum Gasteiger partial charge on any atom is -0.491 e. The number of aromatic nitrogens is 1. The zero-order chi connectivity index (χ0) is 31.5. The van der Waals surface area contributed by atoms with Crippen LogP contribution in [0.1, 0.15) is 49.4 Å². The SMILES string of the molecule is COCCCN(CC(=O)N(CCc1c[nH]c2ccccc12)Cc1ccc(C(C)(C)C)cc1)CC(O)COc1ccccc1C. The molecular formula is C37H49N3O4. The standard InChI is InChI=1S/C37H49N3O4/c1-28-11-6-9-14-35(28)44-27-32(41)25-39(20-10-22-43-5)26-36(42)40(24-29-15-17-31(18-16-29)37(2,3)4)21-19-30-23-38-34-13-8-7-12-33(30)34/h6-9,11-18,23,32,38,41H,10,19-22,24-27H2,1-5H3. The predicted octanol–water partition coefficient (Wildman–Crippen LogP) is 6.12. The molecule has 44 heavy (non-hydrogen) atoms. The fourth-order valence-electron chi connectivity index (χ4n) is 5.43. The van der Waals surface area contributed by atoms with Crippen molar-refractivity contribution in [3.8, 4) is 5.75 Å². The molecule has 1 aromatic heterocycles. The van der Waals surface area contributed by atoms with E-state index in [1.54, 1.807) is 7.11 Å². The number of carbonyl (C=O) groups is 1. The molecule has 0 aliphatic carbocycles. The average Bonchev–Trinajstić information content (AvgIpc) is 3.41. The summed E-state index contributed by atoms with van der Waals surface area (Å²) in [7, 11) is 1.68. The number of H-pyrrole nitrogens is 1. The summed E-state index contributed by atoms with van der Waals surface area (Å²) in [5, 5.41) is 12.1. The van der Waals surface area contributed by atoms with Crippen molar-refractivity contribution >= 4 is 16.8 Å². The number of aliphatic hydroxyl groups is 1. The molecule has 7 heteroatoms. The number of para-hydroxylation sites is 2. The van der Waals surface area contributed by atoms with Gasteiger partial charge in [-0.3, -0.25) is 9.69 Å². The first-order chi connectivity index (χ1) is 21.1. The van der Waals surface area contributed by atoms with Gasteiger partial charge in [0.05, 0.1) is 6.54 Å². The van der Waals surface area contributed by atoms with E-state index in [0.29, 0.717) is 32.8 Å². The topological polar surface area (TPSA) is 78.0 Å². The smallest absolute Gasteiger partial charge is 0.237 e. The molecular weight excluding hydrogens is 550 g/mol. The number of nitrogens with one attached hydrogen (secondary N) is 1. The van der Waals surface area contributed by atoms with Crippen molar-refractivity contribution in [3.63, 3.8) is 0 Å². The molecule has 1 unspecified atom stereocenters. The van der Waals surface area contributed by atoms with Crippen molar-refractivity contribution < 1.29 is 19.4 Å². The highest BCUT2D eigenvalue weighted by molar-refractivity contribution is 5.83. The summed E-state index contributed by atoms with van der Waals surface area (Å²) in [6.07, 6.45) is 2.81. The Morgan fingerprint density at radius 3 is 2.43 bits per heavy atom. The predicted molar refractivity (Wildman–Crippen MR) is 178 cm³/mol. The van der Waals surface area contributed by atoms with Crippen LogP contribution in [0.25, 0.3) is 10.9 Å². The lowest BCUT2D eigenvalue weighted by molar-refractivity contribution is -0.133. The third-order valence-electron chi connectivity index (χ3n) is 8.05. The number of rotatable bonds is 16. The second-order valence-electron chi connectivity index (χ2n) is 12.7. The van der Waals surface area contributed by atoms with Gasteiger partial charge in [0.2, 0.25) is 5.91 Å². The number of aryl methyl sites for hydroxylation is 1. The van der Waals surface area contributed by atoms with Crippen LogP contribution in [0.4, 0.5) is 0 Å². The van der Waals surface area contributed by atoms with Gasteiger partial charge >= 0.3 is 0 Å². The highest BCUT2D eigenvalue weighted by Crippen LogP contribution is 2.23. The van der Waals surface area contributed by atoms with Crippen LogP contribution in [0, 0.1) is 6.92 Å².